The molecule has 0 bridgehead atoms. The minimum Gasteiger partial charge on any atom is -0.309 e. The number of aryl methyl sites for hydroxylation is 3. The summed E-state index contributed by atoms with van der Waals surface area (Å²) in [5.74, 6) is 1.50. The molecule has 126 valence electrons. The summed E-state index contributed by atoms with van der Waals surface area (Å²) in [7, 11) is 0. The van der Waals surface area contributed by atoms with E-state index in [0.717, 1.165) is 26.3 Å². The summed E-state index contributed by atoms with van der Waals surface area (Å²) in [5.41, 5.74) is 0.935. The highest BCUT2D eigenvalue weighted by atomic mass is 32.2. The molecule has 1 N–H and O–H groups in total. The summed E-state index contributed by atoms with van der Waals surface area (Å²) < 4.78 is 1.99. The van der Waals surface area contributed by atoms with Crippen molar-refractivity contribution in [3.8, 4) is 0 Å². The van der Waals surface area contributed by atoms with Gasteiger partial charge < -0.3 is 9.55 Å². The normalized spacial score (nSPS) is 12.7. The van der Waals surface area contributed by atoms with Crippen molar-refractivity contribution in [1.82, 2.24) is 24.7 Å². The Bertz CT molecular complexity index is 969. The van der Waals surface area contributed by atoms with Crippen molar-refractivity contribution in [2.24, 2.45) is 0 Å². The molecule has 0 aromatic carbocycles. The van der Waals surface area contributed by atoms with Gasteiger partial charge in [-0.15, -0.1) is 28.1 Å². The monoisotopic (exact) mass is 361 g/mol. The van der Waals surface area contributed by atoms with Crippen molar-refractivity contribution in [3.05, 3.63) is 45.1 Å². The number of thiophene rings is 1. The Morgan fingerprint density at radius 3 is 2.83 bits per heavy atom. The van der Waals surface area contributed by atoms with Crippen LogP contribution in [0.4, 0.5) is 0 Å². The summed E-state index contributed by atoms with van der Waals surface area (Å²) in [6.45, 7) is 12.3. The van der Waals surface area contributed by atoms with E-state index in [9.17, 15) is 4.79 Å². The van der Waals surface area contributed by atoms with E-state index in [4.69, 9.17) is 0 Å². The molecule has 3 rings (SSSR count). The van der Waals surface area contributed by atoms with E-state index in [-0.39, 0.29) is 10.8 Å². The number of fused-ring (bicyclic) bond motifs is 1. The van der Waals surface area contributed by atoms with E-state index in [1.807, 2.05) is 38.3 Å². The number of aromatic nitrogens is 5. The van der Waals surface area contributed by atoms with Gasteiger partial charge in [-0.05, 0) is 33.3 Å². The number of nitrogens with zero attached hydrogens (tertiary/aromatic N) is 4. The van der Waals surface area contributed by atoms with Gasteiger partial charge >= 0.3 is 0 Å². The fourth-order valence-corrected chi connectivity index (χ4v) is 4.46. The standard InChI is InChI=1S/C16H19N5OS2/c1-6-7-21-11(5)19-20-16(21)24-10(4)13-17-14(22)12-8(2)9(3)23-15(12)18-13/h6,10H,1,7H2,2-5H3,(H,17,18,22)/t10-/m0/s1. The van der Waals surface area contributed by atoms with Crippen LogP contribution in [-0.2, 0) is 6.54 Å². The second-order valence-corrected chi connectivity index (χ2v) is 8.11. The zero-order chi connectivity index (χ0) is 17.4. The molecular formula is C16H19N5OS2. The molecule has 6 nitrogen and oxygen atoms in total. The minimum atomic E-state index is -0.0759. The Morgan fingerprint density at radius 2 is 2.12 bits per heavy atom. The van der Waals surface area contributed by atoms with Crippen LogP contribution in [0.3, 0.4) is 0 Å². The number of allylic oxidation sites excluding steroid dienone is 1. The van der Waals surface area contributed by atoms with Gasteiger partial charge in [0.15, 0.2) is 5.16 Å². The summed E-state index contributed by atoms with van der Waals surface area (Å²) in [6, 6.07) is 0. The molecule has 0 amide bonds. The SMILES string of the molecule is C=CCn1c(C)nnc1S[C@@H](C)c1nc2sc(C)c(C)c2c(=O)[nH]1. The van der Waals surface area contributed by atoms with Gasteiger partial charge in [0.1, 0.15) is 16.5 Å². The quantitative estimate of drug-likeness (QED) is 0.555. The Balaban J connectivity index is 1.96. The number of thioether (sulfide) groups is 1. The fourth-order valence-electron chi connectivity index (χ4n) is 2.47. The Hall–Kier alpha value is -1.93. The van der Waals surface area contributed by atoms with Crippen LogP contribution in [0, 0.1) is 20.8 Å². The van der Waals surface area contributed by atoms with E-state index in [2.05, 4.69) is 26.7 Å². The van der Waals surface area contributed by atoms with Crippen molar-refractivity contribution in [2.75, 3.05) is 0 Å². The van der Waals surface area contributed by atoms with E-state index >= 15 is 0 Å². The Labute approximate surface area is 148 Å². The highest BCUT2D eigenvalue weighted by Gasteiger charge is 2.18. The largest absolute Gasteiger partial charge is 0.309 e. The van der Waals surface area contributed by atoms with Gasteiger partial charge in [0, 0.05) is 11.4 Å². The average Bonchev–Trinajstić information content (AvgIpc) is 3.01. The van der Waals surface area contributed by atoms with Gasteiger partial charge in [-0.1, -0.05) is 17.8 Å². The third-order valence-electron chi connectivity index (χ3n) is 3.94. The molecular weight excluding hydrogens is 342 g/mol. The first-order valence-corrected chi connectivity index (χ1v) is 9.29. The maximum atomic E-state index is 12.4. The van der Waals surface area contributed by atoms with Crippen molar-refractivity contribution < 1.29 is 0 Å². The molecule has 0 saturated carbocycles. The van der Waals surface area contributed by atoms with Crippen LogP contribution in [0.1, 0.15) is 34.3 Å². The molecule has 0 unspecified atom stereocenters. The molecule has 3 aromatic heterocycles. The maximum Gasteiger partial charge on any atom is 0.259 e. The van der Waals surface area contributed by atoms with E-state index in [1.54, 1.807) is 11.3 Å². The zero-order valence-electron chi connectivity index (χ0n) is 14.1. The molecule has 0 radical (unpaired) electrons. The summed E-state index contributed by atoms with van der Waals surface area (Å²) in [4.78, 5) is 21.9. The Kier molecular flexibility index (Phi) is 4.60. The number of hydrogen-bond acceptors (Lipinski definition) is 6. The van der Waals surface area contributed by atoms with Crippen LogP contribution in [0.15, 0.2) is 22.6 Å². The topological polar surface area (TPSA) is 76.5 Å². The van der Waals surface area contributed by atoms with Crippen molar-refractivity contribution >= 4 is 33.3 Å². The maximum absolute atomic E-state index is 12.4. The molecule has 0 fully saturated rings. The highest BCUT2D eigenvalue weighted by Crippen LogP contribution is 2.33. The van der Waals surface area contributed by atoms with Gasteiger partial charge in [-0.25, -0.2) is 4.98 Å². The second-order valence-electron chi connectivity index (χ2n) is 5.60. The lowest BCUT2D eigenvalue weighted by Gasteiger charge is -2.11. The molecule has 0 aliphatic heterocycles. The smallest absolute Gasteiger partial charge is 0.259 e. The van der Waals surface area contributed by atoms with Gasteiger partial charge in [0.05, 0.1) is 10.6 Å². The summed E-state index contributed by atoms with van der Waals surface area (Å²) in [5, 5.41) is 9.78. The molecule has 0 saturated heterocycles. The van der Waals surface area contributed by atoms with Crippen LogP contribution in [0.2, 0.25) is 0 Å². The van der Waals surface area contributed by atoms with Crippen LogP contribution >= 0.6 is 23.1 Å². The third kappa shape index (κ3) is 2.91. The number of hydrogen-bond donors (Lipinski definition) is 1. The van der Waals surface area contributed by atoms with Crippen LogP contribution < -0.4 is 5.56 Å². The lowest BCUT2D eigenvalue weighted by atomic mass is 10.2. The molecule has 0 aliphatic rings. The summed E-state index contributed by atoms with van der Waals surface area (Å²) in [6.07, 6.45) is 1.81. The molecule has 8 heteroatoms. The predicted molar refractivity (Wildman–Crippen MR) is 98.9 cm³/mol. The fraction of sp³-hybridized carbons (Fsp3) is 0.375. The predicted octanol–water partition coefficient (Wildman–Crippen LogP) is 3.54. The lowest BCUT2D eigenvalue weighted by molar-refractivity contribution is 0.701. The number of aromatic amines is 1. The van der Waals surface area contributed by atoms with E-state index in [0.29, 0.717) is 17.8 Å². The van der Waals surface area contributed by atoms with Crippen LogP contribution in [-0.4, -0.2) is 24.7 Å². The molecule has 3 aromatic rings. The van der Waals surface area contributed by atoms with Gasteiger partial charge in [0.25, 0.3) is 5.56 Å². The van der Waals surface area contributed by atoms with Crippen LogP contribution in [0.25, 0.3) is 10.2 Å². The molecule has 1 atom stereocenters. The van der Waals surface area contributed by atoms with E-state index in [1.165, 1.54) is 11.8 Å². The summed E-state index contributed by atoms with van der Waals surface area (Å²) >= 11 is 3.09. The zero-order valence-corrected chi connectivity index (χ0v) is 15.7. The van der Waals surface area contributed by atoms with Crippen molar-refractivity contribution in [1.29, 1.82) is 0 Å². The molecule has 24 heavy (non-hydrogen) atoms. The average molecular weight is 361 g/mol. The Morgan fingerprint density at radius 1 is 1.38 bits per heavy atom. The number of H-pyrrole nitrogens is 1. The first kappa shape index (κ1) is 16.9. The van der Waals surface area contributed by atoms with Gasteiger partial charge in [-0.3, -0.25) is 4.79 Å². The molecule has 0 spiro atoms. The van der Waals surface area contributed by atoms with Crippen molar-refractivity contribution in [3.63, 3.8) is 0 Å². The second kappa shape index (κ2) is 6.52. The van der Waals surface area contributed by atoms with Gasteiger partial charge in [-0.2, -0.15) is 0 Å². The van der Waals surface area contributed by atoms with Gasteiger partial charge in [0.2, 0.25) is 0 Å². The van der Waals surface area contributed by atoms with Crippen molar-refractivity contribution in [2.45, 2.75) is 44.6 Å². The minimum absolute atomic E-state index is 0.0445. The first-order chi connectivity index (χ1) is 11.4. The number of rotatable bonds is 5. The first-order valence-electron chi connectivity index (χ1n) is 7.59. The van der Waals surface area contributed by atoms with E-state index < -0.39 is 0 Å². The number of nitrogens with one attached hydrogen (secondary N) is 1. The third-order valence-corrected chi connectivity index (χ3v) is 6.13. The molecule has 3 heterocycles. The lowest BCUT2D eigenvalue weighted by Crippen LogP contribution is -2.13. The van der Waals surface area contributed by atoms with Crippen LogP contribution in [0.5, 0.6) is 0 Å². The highest BCUT2D eigenvalue weighted by molar-refractivity contribution is 7.99. The molecule has 0 aliphatic carbocycles.